The van der Waals surface area contributed by atoms with E-state index in [2.05, 4.69) is 5.10 Å². The molecule has 0 fully saturated rings. The summed E-state index contributed by atoms with van der Waals surface area (Å²) in [4.78, 5) is 38.7. The number of hydrogen-bond donors (Lipinski definition) is 0. The average Bonchev–Trinajstić information content (AvgIpc) is 3.34. The standard InChI is InChI=1S/C28H23ClN2O4/c1-18(26(32)21-9-5-3-6-10-21)31-25(20-13-15-23(29)16-14-20)17-24(30-31)28(34)35-19(2)27(33)22-11-7-4-8-12-22/h3-19H,1-2H3. The Bertz CT molecular complexity index is 1350. The van der Waals surface area contributed by atoms with Gasteiger partial charge in [-0.15, -0.1) is 0 Å². The fraction of sp³-hybridized carbons (Fsp3) is 0.143. The first kappa shape index (κ1) is 24.1. The second-order valence-corrected chi connectivity index (χ2v) is 8.49. The predicted octanol–water partition coefficient (Wildman–Crippen LogP) is 6.08. The molecule has 0 aliphatic rings. The molecule has 1 aromatic heterocycles. The van der Waals surface area contributed by atoms with Crippen molar-refractivity contribution in [2.75, 3.05) is 0 Å². The van der Waals surface area contributed by atoms with E-state index in [1.807, 2.05) is 6.07 Å². The molecule has 1 heterocycles. The van der Waals surface area contributed by atoms with Crippen molar-refractivity contribution in [1.29, 1.82) is 0 Å². The summed E-state index contributed by atoms with van der Waals surface area (Å²) in [5, 5.41) is 4.97. The summed E-state index contributed by atoms with van der Waals surface area (Å²) in [6, 6.07) is 25.4. The van der Waals surface area contributed by atoms with E-state index in [1.165, 1.54) is 11.6 Å². The van der Waals surface area contributed by atoms with Crippen molar-refractivity contribution in [2.24, 2.45) is 0 Å². The van der Waals surface area contributed by atoms with Crippen molar-refractivity contribution in [3.05, 3.63) is 113 Å². The average molecular weight is 487 g/mol. The van der Waals surface area contributed by atoms with Crippen LogP contribution in [0.25, 0.3) is 11.3 Å². The summed E-state index contributed by atoms with van der Waals surface area (Å²) in [6.07, 6.45) is -1.00. The molecule has 0 aliphatic carbocycles. The minimum atomic E-state index is -1.00. The monoisotopic (exact) mass is 486 g/mol. The number of rotatable bonds is 8. The van der Waals surface area contributed by atoms with Crippen molar-refractivity contribution < 1.29 is 19.1 Å². The highest BCUT2D eigenvalue weighted by Crippen LogP contribution is 2.27. The van der Waals surface area contributed by atoms with Crippen LogP contribution < -0.4 is 0 Å². The van der Waals surface area contributed by atoms with Crippen LogP contribution in [0.3, 0.4) is 0 Å². The van der Waals surface area contributed by atoms with E-state index in [1.54, 1.807) is 91.9 Å². The Morgan fingerprint density at radius 3 is 1.91 bits per heavy atom. The Morgan fingerprint density at radius 2 is 1.34 bits per heavy atom. The van der Waals surface area contributed by atoms with Gasteiger partial charge in [0.25, 0.3) is 0 Å². The van der Waals surface area contributed by atoms with Crippen molar-refractivity contribution in [2.45, 2.75) is 26.0 Å². The number of esters is 1. The van der Waals surface area contributed by atoms with Gasteiger partial charge >= 0.3 is 5.97 Å². The Morgan fingerprint density at radius 1 is 0.800 bits per heavy atom. The van der Waals surface area contributed by atoms with Crippen LogP contribution in [-0.4, -0.2) is 33.4 Å². The van der Waals surface area contributed by atoms with Crippen molar-refractivity contribution >= 4 is 29.1 Å². The van der Waals surface area contributed by atoms with Crippen LogP contribution in [0.2, 0.25) is 5.02 Å². The van der Waals surface area contributed by atoms with E-state index in [0.29, 0.717) is 21.8 Å². The van der Waals surface area contributed by atoms with Crippen molar-refractivity contribution in [3.8, 4) is 11.3 Å². The molecule has 4 aromatic rings. The molecular formula is C28H23ClN2O4. The molecule has 0 spiro atoms. The second-order valence-electron chi connectivity index (χ2n) is 8.05. The lowest BCUT2D eigenvalue weighted by molar-refractivity contribution is 0.0312. The molecule has 3 aromatic carbocycles. The molecule has 176 valence electrons. The zero-order valence-electron chi connectivity index (χ0n) is 19.2. The highest BCUT2D eigenvalue weighted by atomic mass is 35.5. The van der Waals surface area contributed by atoms with Gasteiger partial charge in [0.05, 0.1) is 5.69 Å². The maximum atomic E-state index is 13.1. The number of benzene rings is 3. The number of Topliss-reactive ketones (excluding diaryl/α,β-unsaturated/α-hetero) is 2. The molecule has 2 unspecified atom stereocenters. The summed E-state index contributed by atoms with van der Waals surface area (Å²) in [5.41, 5.74) is 2.25. The third-order valence-corrected chi connectivity index (χ3v) is 5.85. The number of aromatic nitrogens is 2. The van der Waals surface area contributed by atoms with E-state index < -0.39 is 18.1 Å². The first-order valence-corrected chi connectivity index (χ1v) is 11.5. The van der Waals surface area contributed by atoms with Gasteiger partial charge in [0.15, 0.2) is 17.6 Å². The van der Waals surface area contributed by atoms with Crippen LogP contribution >= 0.6 is 11.6 Å². The molecule has 35 heavy (non-hydrogen) atoms. The highest BCUT2D eigenvalue weighted by Gasteiger charge is 2.27. The largest absolute Gasteiger partial charge is 0.449 e. The summed E-state index contributed by atoms with van der Waals surface area (Å²) in [7, 11) is 0. The Labute approximate surface area is 208 Å². The van der Waals surface area contributed by atoms with Gasteiger partial charge in [-0.1, -0.05) is 84.4 Å². The quantitative estimate of drug-likeness (QED) is 0.223. The van der Waals surface area contributed by atoms with Gasteiger partial charge in [0, 0.05) is 16.1 Å². The predicted molar refractivity (Wildman–Crippen MR) is 134 cm³/mol. The lowest BCUT2D eigenvalue weighted by Gasteiger charge is -2.15. The van der Waals surface area contributed by atoms with Gasteiger partial charge in [-0.05, 0) is 37.6 Å². The molecule has 0 saturated heterocycles. The molecule has 0 bridgehead atoms. The van der Waals surface area contributed by atoms with Gasteiger partial charge in [-0.25, -0.2) is 4.79 Å². The van der Waals surface area contributed by atoms with Crippen LogP contribution in [-0.2, 0) is 4.74 Å². The molecule has 4 rings (SSSR count). The number of halogens is 1. The summed E-state index contributed by atoms with van der Waals surface area (Å²) in [6.45, 7) is 3.24. The number of nitrogens with zero attached hydrogens (tertiary/aromatic N) is 2. The maximum Gasteiger partial charge on any atom is 0.359 e. The maximum absolute atomic E-state index is 13.1. The highest BCUT2D eigenvalue weighted by molar-refractivity contribution is 6.30. The molecular weight excluding hydrogens is 464 g/mol. The van der Waals surface area contributed by atoms with Crippen molar-refractivity contribution in [1.82, 2.24) is 9.78 Å². The number of ether oxygens (including phenoxy) is 1. The fourth-order valence-electron chi connectivity index (χ4n) is 3.69. The lowest BCUT2D eigenvalue weighted by atomic mass is 10.0. The van der Waals surface area contributed by atoms with Gasteiger partial charge < -0.3 is 4.74 Å². The molecule has 0 aliphatic heterocycles. The zero-order valence-corrected chi connectivity index (χ0v) is 20.0. The van der Waals surface area contributed by atoms with E-state index in [0.717, 1.165) is 5.56 Å². The Kier molecular flexibility index (Phi) is 7.22. The van der Waals surface area contributed by atoms with Crippen LogP contribution in [0.15, 0.2) is 91.0 Å². The van der Waals surface area contributed by atoms with Crippen LogP contribution in [0.1, 0.15) is 51.1 Å². The van der Waals surface area contributed by atoms with Crippen molar-refractivity contribution in [3.63, 3.8) is 0 Å². The number of ketones is 2. The second kappa shape index (κ2) is 10.5. The smallest absolute Gasteiger partial charge is 0.359 e. The normalized spacial score (nSPS) is 12.5. The summed E-state index contributed by atoms with van der Waals surface area (Å²) >= 11 is 6.04. The van der Waals surface area contributed by atoms with E-state index in [4.69, 9.17) is 16.3 Å². The first-order valence-electron chi connectivity index (χ1n) is 11.1. The third-order valence-electron chi connectivity index (χ3n) is 5.60. The molecule has 0 amide bonds. The van der Waals surface area contributed by atoms with Crippen LogP contribution in [0.4, 0.5) is 0 Å². The SMILES string of the molecule is CC(OC(=O)c1cc(-c2ccc(Cl)cc2)n(C(C)C(=O)c2ccccc2)n1)C(=O)c1ccccc1. The minimum Gasteiger partial charge on any atom is -0.449 e. The van der Waals surface area contributed by atoms with Gasteiger partial charge in [-0.2, -0.15) is 5.10 Å². The summed E-state index contributed by atoms with van der Waals surface area (Å²) in [5.74, 6) is -1.23. The van der Waals surface area contributed by atoms with Crippen LogP contribution in [0.5, 0.6) is 0 Å². The lowest BCUT2D eigenvalue weighted by Crippen LogP contribution is -2.25. The topological polar surface area (TPSA) is 78.3 Å². The summed E-state index contributed by atoms with van der Waals surface area (Å²) < 4.78 is 6.93. The fourth-order valence-corrected chi connectivity index (χ4v) is 3.82. The minimum absolute atomic E-state index is 0.00428. The van der Waals surface area contributed by atoms with E-state index in [-0.39, 0.29) is 17.3 Å². The van der Waals surface area contributed by atoms with Gasteiger partial charge in [0.1, 0.15) is 6.04 Å². The molecule has 0 saturated carbocycles. The Hall–Kier alpha value is -4.03. The zero-order chi connectivity index (χ0) is 24.9. The molecule has 2 atom stereocenters. The van der Waals surface area contributed by atoms with Gasteiger partial charge in [-0.3, -0.25) is 14.3 Å². The van der Waals surface area contributed by atoms with E-state index >= 15 is 0 Å². The third kappa shape index (κ3) is 5.39. The molecule has 7 heteroatoms. The number of carbonyl (C=O) groups is 3. The Balaban J connectivity index is 1.65. The van der Waals surface area contributed by atoms with E-state index in [9.17, 15) is 14.4 Å². The number of carbonyl (C=O) groups excluding carboxylic acids is 3. The molecule has 6 nitrogen and oxygen atoms in total. The van der Waals surface area contributed by atoms with Gasteiger partial charge in [0.2, 0.25) is 5.78 Å². The number of hydrogen-bond acceptors (Lipinski definition) is 5. The molecule has 0 radical (unpaired) electrons. The van der Waals surface area contributed by atoms with Crippen LogP contribution in [0, 0.1) is 0 Å². The molecule has 0 N–H and O–H groups in total. The first-order chi connectivity index (χ1) is 16.8.